The van der Waals surface area contributed by atoms with Gasteiger partial charge in [0.1, 0.15) is 5.82 Å². The Morgan fingerprint density at radius 3 is 2.37 bits per heavy atom. The van der Waals surface area contributed by atoms with Gasteiger partial charge in [-0.25, -0.2) is 4.98 Å². The van der Waals surface area contributed by atoms with Crippen LogP contribution in [0.25, 0.3) is 0 Å². The van der Waals surface area contributed by atoms with Crippen molar-refractivity contribution in [1.29, 1.82) is 0 Å². The standard InChI is InChI=1S/C27H35BrClN5O.H2/c28-22-7-5-20(6-8-22)19-32-11-9-24(10-12-32)33-13-15-34(16-14-33)26-25(29)17-21(18-30-26)27(35)31-23-3-1-2-4-23;/h5-8,17-18,23-24H,1-4,9-16,19H2,(H,31,35);1H. The number of nitrogens with one attached hydrogen (secondary N) is 1. The number of piperidine rings is 1. The minimum Gasteiger partial charge on any atom is -0.353 e. The Balaban J connectivity index is 0.00000304. The van der Waals surface area contributed by atoms with E-state index in [-0.39, 0.29) is 7.33 Å². The number of piperazine rings is 1. The summed E-state index contributed by atoms with van der Waals surface area (Å²) in [6.07, 6.45) is 8.65. The zero-order chi connectivity index (χ0) is 24.2. The molecule has 2 saturated heterocycles. The Hall–Kier alpha value is -1.67. The van der Waals surface area contributed by atoms with Gasteiger partial charge in [0.15, 0.2) is 0 Å². The number of benzene rings is 1. The number of rotatable bonds is 6. The molecule has 2 aliphatic heterocycles. The zero-order valence-corrected chi connectivity index (χ0v) is 22.6. The molecule has 35 heavy (non-hydrogen) atoms. The van der Waals surface area contributed by atoms with E-state index in [0.717, 1.165) is 68.9 Å². The highest BCUT2D eigenvalue weighted by Gasteiger charge is 2.29. The second-order valence-corrected chi connectivity index (χ2v) is 11.5. The third-order valence-electron chi connectivity index (χ3n) is 7.78. The lowest BCUT2D eigenvalue weighted by molar-refractivity contribution is 0.0937. The second-order valence-electron chi connectivity index (χ2n) is 10.1. The highest BCUT2D eigenvalue weighted by atomic mass is 79.9. The molecule has 1 aromatic carbocycles. The smallest absolute Gasteiger partial charge is 0.253 e. The summed E-state index contributed by atoms with van der Waals surface area (Å²) < 4.78 is 1.14. The molecule has 0 bridgehead atoms. The first-order valence-electron chi connectivity index (χ1n) is 13.0. The summed E-state index contributed by atoms with van der Waals surface area (Å²) in [4.78, 5) is 24.6. The van der Waals surface area contributed by atoms with Crippen molar-refractivity contribution in [3.63, 3.8) is 0 Å². The second kappa shape index (κ2) is 11.6. The van der Waals surface area contributed by atoms with Crippen LogP contribution in [0.3, 0.4) is 0 Å². The van der Waals surface area contributed by atoms with Gasteiger partial charge in [0.25, 0.3) is 5.91 Å². The van der Waals surface area contributed by atoms with E-state index in [9.17, 15) is 4.79 Å². The predicted octanol–water partition coefficient (Wildman–Crippen LogP) is 5.20. The van der Waals surface area contributed by atoms with Crippen molar-refractivity contribution in [2.75, 3.05) is 44.2 Å². The number of pyridine rings is 1. The normalized spacial score (nSPS) is 20.9. The highest BCUT2D eigenvalue weighted by Crippen LogP contribution is 2.27. The van der Waals surface area contributed by atoms with Crippen molar-refractivity contribution in [2.24, 2.45) is 0 Å². The van der Waals surface area contributed by atoms with Crippen LogP contribution in [0.1, 0.15) is 55.9 Å². The quantitative estimate of drug-likeness (QED) is 0.524. The Morgan fingerprint density at radius 2 is 1.71 bits per heavy atom. The van der Waals surface area contributed by atoms with Crippen molar-refractivity contribution in [2.45, 2.75) is 57.2 Å². The Morgan fingerprint density at radius 1 is 1.03 bits per heavy atom. The lowest BCUT2D eigenvalue weighted by atomic mass is 10.0. The van der Waals surface area contributed by atoms with Crippen LogP contribution in [-0.4, -0.2) is 72.0 Å². The van der Waals surface area contributed by atoms with Gasteiger partial charge in [-0.1, -0.05) is 52.5 Å². The maximum absolute atomic E-state index is 12.6. The summed E-state index contributed by atoms with van der Waals surface area (Å²) in [5.74, 6) is 0.738. The summed E-state index contributed by atoms with van der Waals surface area (Å²) in [5.41, 5.74) is 1.94. The molecule has 0 spiro atoms. The van der Waals surface area contributed by atoms with E-state index >= 15 is 0 Å². The van der Waals surface area contributed by atoms with Crippen molar-refractivity contribution in [1.82, 2.24) is 20.1 Å². The van der Waals surface area contributed by atoms with E-state index in [4.69, 9.17) is 11.6 Å². The number of carbonyl (C=O) groups excluding carboxylic acids is 1. The zero-order valence-electron chi connectivity index (χ0n) is 20.3. The predicted molar refractivity (Wildman–Crippen MR) is 147 cm³/mol. The van der Waals surface area contributed by atoms with E-state index in [1.54, 1.807) is 12.3 Å². The molecule has 8 heteroatoms. The average molecular weight is 563 g/mol. The molecular formula is C27H37BrClN5O. The molecule has 6 nitrogen and oxygen atoms in total. The minimum atomic E-state index is -0.0610. The Kier molecular flexibility index (Phi) is 8.28. The molecule has 0 radical (unpaired) electrons. The number of anilines is 1. The highest BCUT2D eigenvalue weighted by molar-refractivity contribution is 9.10. The lowest BCUT2D eigenvalue weighted by Crippen LogP contribution is -2.53. The fraction of sp³-hybridized carbons (Fsp3) is 0.556. The first-order valence-corrected chi connectivity index (χ1v) is 14.1. The van der Waals surface area contributed by atoms with Crippen LogP contribution < -0.4 is 10.2 Å². The van der Waals surface area contributed by atoms with E-state index in [0.29, 0.717) is 22.7 Å². The lowest BCUT2D eigenvalue weighted by Gasteiger charge is -2.43. The molecule has 2 aromatic rings. The third-order valence-corrected chi connectivity index (χ3v) is 8.59. The molecule has 0 atom stereocenters. The van der Waals surface area contributed by atoms with E-state index < -0.39 is 0 Å². The van der Waals surface area contributed by atoms with Gasteiger partial charge in [0.05, 0.1) is 10.6 Å². The van der Waals surface area contributed by atoms with Gasteiger partial charge in [0.2, 0.25) is 0 Å². The molecular weight excluding hydrogens is 526 g/mol. The van der Waals surface area contributed by atoms with Crippen molar-refractivity contribution in [3.05, 3.63) is 57.2 Å². The van der Waals surface area contributed by atoms with Crippen LogP contribution in [-0.2, 0) is 6.54 Å². The monoisotopic (exact) mass is 561 g/mol. The van der Waals surface area contributed by atoms with Crippen molar-refractivity contribution >= 4 is 39.3 Å². The van der Waals surface area contributed by atoms with E-state index in [1.807, 2.05) is 0 Å². The maximum Gasteiger partial charge on any atom is 0.253 e. The van der Waals surface area contributed by atoms with Crippen LogP contribution >= 0.6 is 27.5 Å². The van der Waals surface area contributed by atoms with Gasteiger partial charge in [-0.15, -0.1) is 0 Å². The fourth-order valence-corrected chi connectivity index (χ4v) is 6.27. The number of likely N-dealkylation sites (tertiary alicyclic amines) is 1. The molecule has 1 aliphatic carbocycles. The molecule has 3 heterocycles. The van der Waals surface area contributed by atoms with E-state index in [2.05, 4.69) is 65.2 Å². The average Bonchev–Trinajstić information content (AvgIpc) is 3.39. The third kappa shape index (κ3) is 6.37. The molecule has 0 unspecified atom stereocenters. The molecule has 1 saturated carbocycles. The maximum atomic E-state index is 12.6. The minimum absolute atomic E-state index is 0. The van der Waals surface area contributed by atoms with E-state index in [1.165, 1.54) is 31.2 Å². The summed E-state index contributed by atoms with van der Waals surface area (Å²) in [7, 11) is 0. The van der Waals surface area contributed by atoms with Gasteiger partial charge in [-0.3, -0.25) is 14.6 Å². The van der Waals surface area contributed by atoms with Gasteiger partial charge in [0, 0.05) is 56.9 Å². The molecule has 1 amide bonds. The van der Waals surface area contributed by atoms with Gasteiger partial charge < -0.3 is 10.2 Å². The molecule has 3 aliphatic rings. The number of halogens is 2. The molecule has 1 N–H and O–H groups in total. The molecule has 190 valence electrons. The van der Waals surface area contributed by atoms with Crippen LogP contribution in [0.2, 0.25) is 5.02 Å². The summed E-state index contributed by atoms with van der Waals surface area (Å²) in [5, 5.41) is 3.69. The summed E-state index contributed by atoms with van der Waals surface area (Å²) in [6, 6.07) is 11.4. The van der Waals surface area contributed by atoms with Crippen molar-refractivity contribution in [3.8, 4) is 0 Å². The summed E-state index contributed by atoms with van der Waals surface area (Å²) >= 11 is 10.1. The van der Waals surface area contributed by atoms with Gasteiger partial charge in [-0.2, -0.15) is 0 Å². The largest absolute Gasteiger partial charge is 0.353 e. The first-order chi connectivity index (χ1) is 17.0. The first kappa shape index (κ1) is 25.0. The number of carbonyl (C=O) groups is 1. The Bertz CT molecular complexity index is 1000. The van der Waals surface area contributed by atoms with Crippen molar-refractivity contribution < 1.29 is 6.22 Å². The van der Waals surface area contributed by atoms with Gasteiger partial charge >= 0.3 is 0 Å². The topological polar surface area (TPSA) is 51.7 Å². The Labute approximate surface area is 223 Å². The van der Waals surface area contributed by atoms with Crippen LogP contribution in [0, 0.1) is 0 Å². The SMILES string of the molecule is O=C(NC1CCCC1)c1cnc(N2CCN(C3CCN(Cc4ccc(Br)cc4)CC3)CC2)c(Cl)c1.[HH]. The molecule has 1 aromatic heterocycles. The number of aromatic nitrogens is 1. The number of hydrogen-bond acceptors (Lipinski definition) is 5. The van der Waals surface area contributed by atoms with Gasteiger partial charge in [-0.05, 0) is 62.5 Å². The summed E-state index contributed by atoms with van der Waals surface area (Å²) in [6.45, 7) is 7.22. The number of hydrogen-bond donors (Lipinski definition) is 1. The fourth-order valence-electron chi connectivity index (χ4n) is 5.72. The van der Waals surface area contributed by atoms with Crippen LogP contribution in [0.4, 0.5) is 5.82 Å². The van der Waals surface area contributed by atoms with Crippen LogP contribution in [0.15, 0.2) is 41.0 Å². The number of nitrogens with zero attached hydrogens (tertiary/aromatic N) is 4. The number of amides is 1. The molecule has 3 fully saturated rings. The van der Waals surface area contributed by atoms with Crippen LogP contribution in [0.5, 0.6) is 0 Å². The molecule has 5 rings (SSSR count).